The van der Waals surface area contributed by atoms with Crippen LogP contribution in [0, 0.1) is 5.82 Å². The molecule has 4 rings (SSSR count). The van der Waals surface area contributed by atoms with Crippen molar-refractivity contribution in [3.8, 4) is 0 Å². The highest BCUT2D eigenvalue weighted by Crippen LogP contribution is 2.35. The summed E-state index contributed by atoms with van der Waals surface area (Å²) in [5.41, 5.74) is 1.63. The number of amides is 3. The summed E-state index contributed by atoms with van der Waals surface area (Å²) in [6.45, 7) is 0.765. The fraction of sp³-hybridized carbons (Fsp3) is 0.222. The predicted molar refractivity (Wildman–Crippen MR) is 131 cm³/mol. The summed E-state index contributed by atoms with van der Waals surface area (Å²) >= 11 is 0. The minimum absolute atomic E-state index is 0.0976. The van der Waals surface area contributed by atoms with Gasteiger partial charge in [0.2, 0.25) is 5.91 Å². The predicted octanol–water partition coefficient (Wildman–Crippen LogP) is 3.90. The van der Waals surface area contributed by atoms with Gasteiger partial charge in [0, 0.05) is 19.3 Å². The highest BCUT2D eigenvalue weighted by Gasteiger charge is 2.47. The van der Waals surface area contributed by atoms with Crippen molar-refractivity contribution in [2.45, 2.75) is 18.7 Å². The second kappa shape index (κ2) is 11.5. The molecule has 0 aliphatic carbocycles. The molecule has 3 aromatic carbocycles. The normalized spacial score (nSPS) is 16.9. The summed E-state index contributed by atoms with van der Waals surface area (Å²) in [6.07, 6.45) is -1.55. The van der Waals surface area contributed by atoms with Crippen LogP contribution in [0.4, 0.5) is 14.9 Å². The maximum Gasteiger partial charge on any atom is 0.411 e. The van der Waals surface area contributed by atoms with E-state index in [1.165, 1.54) is 30.2 Å². The van der Waals surface area contributed by atoms with Gasteiger partial charge in [-0.1, -0.05) is 54.6 Å². The molecule has 1 fully saturated rings. The first-order chi connectivity index (χ1) is 17.5. The Labute approximate surface area is 208 Å². The first-order valence-electron chi connectivity index (χ1n) is 11.4. The van der Waals surface area contributed by atoms with E-state index in [0.717, 1.165) is 5.56 Å². The number of cyclic esters (lactones) is 1. The van der Waals surface area contributed by atoms with Gasteiger partial charge in [0.25, 0.3) is 5.91 Å². The zero-order valence-corrected chi connectivity index (χ0v) is 19.6. The van der Waals surface area contributed by atoms with Crippen LogP contribution in [0.3, 0.4) is 0 Å². The quantitative estimate of drug-likeness (QED) is 0.443. The zero-order valence-electron chi connectivity index (χ0n) is 19.6. The third-order valence-corrected chi connectivity index (χ3v) is 5.75. The summed E-state index contributed by atoms with van der Waals surface area (Å²) in [6, 6.07) is 20.6. The van der Waals surface area contributed by atoms with Gasteiger partial charge in [-0.2, -0.15) is 0 Å². The van der Waals surface area contributed by atoms with Crippen LogP contribution in [0.2, 0.25) is 0 Å². The van der Waals surface area contributed by atoms with Crippen molar-refractivity contribution in [1.29, 1.82) is 0 Å². The molecule has 1 heterocycles. The van der Waals surface area contributed by atoms with Gasteiger partial charge in [-0.25, -0.2) is 9.18 Å². The van der Waals surface area contributed by atoms with Gasteiger partial charge < -0.3 is 20.1 Å². The fourth-order valence-electron chi connectivity index (χ4n) is 4.01. The van der Waals surface area contributed by atoms with Crippen LogP contribution in [-0.4, -0.2) is 49.1 Å². The zero-order chi connectivity index (χ0) is 25.5. The minimum Gasteiger partial charge on any atom is -0.438 e. The number of anilines is 1. The number of benzene rings is 3. The van der Waals surface area contributed by atoms with Gasteiger partial charge in [0.1, 0.15) is 5.82 Å². The first-order valence-corrected chi connectivity index (χ1v) is 11.4. The van der Waals surface area contributed by atoms with E-state index in [-0.39, 0.29) is 24.6 Å². The molecule has 9 heteroatoms. The molecule has 0 unspecified atom stereocenters. The lowest BCUT2D eigenvalue weighted by molar-refractivity contribution is -0.126. The average Bonchev–Trinajstić information content (AvgIpc) is 3.21. The molecular weight excluding hydrogens is 465 g/mol. The number of methoxy groups -OCH3 is 1. The Morgan fingerprint density at radius 2 is 1.78 bits per heavy atom. The summed E-state index contributed by atoms with van der Waals surface area (Å²) in [7, 11) is 1.53. The number of nitrogens with one attached hydrogen (secondary N) is 2. The van der Waals surface area contributed by atoms with Gasteiger partial charge in [0.05, 0.1) is 18.7 Å². The number of nitrogens with zero attached hydrogens (tertiary/aromatic N) is 1. The summed E-state index contributed by atoms with van der Waals surface area (Å²) < 4.78 is 24.7. The fourth-order valence-corrected chi connectivity index (χ4v) is 4.01. The van der Waals surface area contributed by atoms with Crippen LogP contribution in [0.25, 0.3) is 0 Å². The number of hydrogen-bond acceptors (Lipinski definition) is 5. The molecular formula is C27H26FN3O5. The van der Waals surface area contributed by atoms with Gasteiger partial charge >= 0.3 is 6.09 Å². The van der Waals surface area contributed by atoms with Crippen molar-refractivity contribution in [3.05, 3.63) is 101 Å². The molecule has 2 atom stereocenters. The smallest absolute Gasteiger partial charge is 0.411 e. The molecule has 0 radical (unpaired) electrons. The second-order valence-electron chi connectivity index (χ2n) is 8.21. The second-order valence-corrected chi connectivity index (χ2v) is 8.21. The Bertz CT molecular complexity index is 1240. The number of carbonyl (C=O) groups is 3. The van der Waals surface area contributed by atoms with E-state index in [1.807, 2.05) is 30.3 Å². The molecule has 3 aromatic rings. The molecule has 0 bridgehead atoms. The maximum atomic E-state index is 14.0. The van der Waals surface area contributed by atoms with Gasteiger partial charge in [0.15, 0.2) is 12.1 Å². The van der Waals surface area contributed by atoms with Gasteiger partial charge in [-0.15, -0.1) is 0 Å². The molecule has 0 aromatic heterocycles. The van der Waals surface area contributed by atoms with Crippen LogP contribution in [0.15, 0.2) is 78.9 Å². The topological polar surface area (TPSA) is 97.0 Å². The van der Waals surface area contributed by atoms with Crippen LogP contribution in [-0.2, 0) is 20.8 Å². The van der Waals surface area contributed by atoms with E-state index in [1.54, 1.807) is 30.3 Å². The molecule has 1 saturated heterocycles. The van der Waals surface area contributed by atoms with Gasteiger partial charge in [-0.3, -0.25) is 14.5 Å². The highest BCUT2D eigenvalue weighted by molar-refractivity contribution is 6.04. The molecule has 1 aliphatic rings. The first kappa shape index (κ1) is 24.9. The van der Waals surface area contributed by atoms with E-state index in [9.17, 15) is 18.8 Å². The summed E-state index contributed by atoms with van der Waals surface area (Å²) in [5, 5.41) is 5.45. The van der Waals surface area contributed by atoms with Crippen molar-refractivity contribution in [2.24, 2.45) is 0 Å². The SMILES string of the molecule is COCCNC(=O)[C@H]1[C@H](c2cccc(NC(=O)c3ccccc3F)c2)OC(=O)N1Cc1ccccc1. The minimum atomic E-state index is -0.952. The Balaban J connectivity index is 1.59. The molecule has 186 valence electrons. The van der Waals surface area contributed by atoms with Crippen molar-refractivity contribution < 1.29 is 28.2 Å². The molecule has 1 aliphatic heterocycles. The van der Waals surface area contributed by atoms with E-state index >= 15 is 0 Å². The van der Waals surface area contributed by atoms with Crippen molar-refractivity contribution in [3.63, 3.8) is 0 Å². The molecule has 36 heavy (non-hydrogen) atoms. The van der Waals surface area contributed by atoms with Crippen LogP contribution >= 0.6 is 0 Å². The van der Waals surface area contributed by atoms with Crippen molar-refractivity contribution in [1.82, 2.24) is 10.2 Å². The molecule has 3 amide bonds. The lowest BCUT2D eigenvalue weighted by Crippen LogP contribution is -2.47. The summed E-state index contributed by atoms with van der Waals surface area (Å²) in [4.78, 5) is 40.0. The monoisotopic (exact) mass is 491 g/mol. The number of halogens is 1. The molecule has 0 saturated carbocycles. The molecule has 0 spiro atoms. The number of carbonyl (C=O) groups excluding carboxylic acids is 3. The van der Waals surface area contributed by atoms with E-state index in [2.05, 4.69) is 10.6 Å². The Morgan fingerprint density at radius 3 is 2.53 bits per heavy atom. The van der Waals surface area contributed by atoms with Crippen molar-refractivity contribution in [2.75, 3.05) is 25.6 Å². The summed E-state index contributed by atoms with van der Waals surface area (Å²) in [5.74, 6) is -1.65. The third-order valence-electron chi connectivity index (χ3n) is 5.75. The lowest BCUT2D eigenvalue weighted by atomic mass is 10.00. The Hall–Kier alpha value is -4.24. The molecule has 8 nitrogen and oxygen atoms in total. The Morgan fingerprint density at radius 1 is 1.03 bits per heavy atom. The number of hydrogen-bond donors (Lipinski definition) is 2. The number of rotatable bonds is 9. The van der Waals surface area contributed by atoms with Crippen molar-refractivity contribution >= 4 is 23.6 Å². The largest absolute Gasteiger partial charge is 0.438 e. The highest BCUT2D eigenvalue weighted by atomic mass is 19.1. The van der Waals surface area contributed by atoms with Crippen LogP contribution in [0.1, 0.15) is 27.6 Å². The lowest BCUT2D eigenvalue weighted by Gasteiger charge is -2.24. The van der Waals surface area contributed by atoms with E-state index in [0.29, 0.717) is 17.9 Å². The maximum absolute atomic E-state index is 14.0. The van der Waals surface area contributed by atoms with Crippen LogP contribution < -0.4 is 10.6 Å². The van der Waals surface area contributed by atoms with Crippen LogP contribution in [0.5, 0.6) is 0 Å². The third kappa shape index (κ3) is 5.69. The number of ether oxygens (including phenoxy) is 2. The Kier molecular flexibility index (Phi) is 7.92. The molecule has 2 N–H and O–H groups in total. The average molecular weight is 492 g/mol. The standard InChI is InChI=1S/C27H26FN3O5/c1-35-15-14-29-26(33)23-24(36-27(34)31(23)17-18-8-3-2-4-9-18)19-10-7-11-20(16-19)30-25(32)21-12-5-6-13-22(21)28/h2-13,16,23-24H,14-15,17H2,1H3,(H,29,33)(H,30,32)/t23-,24+/m1/s1. The van der Waals surface area contributed by atoms with Gasteiger partial charge in [-0.05, 0) is 35.4 Å². The van der Waals surface area contributed by atoms with E-state index in [4.69, 9.17) is 9.47 Å². The van der Waals surface area contributed by atoms with E-state index < -0.39 is 30.0 Å².